The number of nitrogens with one attached hydrogen (secondary N) is 1. The first-order chi connectivity index (χ1) is 12.2. The van der Waals surface area contributed by atoms with Crippen molar-refractivity contribution in [3.8, 4) is 11.5 Å². The second-order valence-corrected chi connectivity index (χ2v) is 7.14. The summed E-state index contributed by atoms with van der Waals surface area (Å²) in [6, 6.07) is 14.4. The summed E-state index contributed by atoms with van der Waals surface area (Å²) in [6.45, 7) is 0. The first-order valence-corrected chi connectivity index (χ1v) is 8.82. The smallest absolute Gasteiger partial charge is 0.335 e. The summed E-state index contributed by atoms with van der Waals surface area (Å²) in [5.74, 6) is 0.525. The van der Waals surface area contributed by atoms with E-state index >= 15 is 0 Å². The number of benzene rings is 2. The minimum Gasteiger partial charge on any atom is -0.478 e. The van der Waals surface area contributed by atoms with E-state index in [9.17, 15) is 9.90 Å². The highest BCUT2D eigenvalue weighted by molar-refractivity contribution is 5.93. The van der Waals surface area contributed by atoms with E-state index in [0.29, 0.717) is 17.8 Å². The van der Waals surface area contributed by atoms with E-state index in [2.05, 4.69) is 11.4 Å². The number of fused-ring (bicyclic) bond motifs is 4. The normalized spacial score (nSPS) is 23.7. The zero-order valence-corrected chi connectivity index (χ0v) is 13.8. The molecular weight excluding hydrogens is 314 g/mol. The van der Waals surface area contributed by atoms with E-state index in [1.165, 1.54) is 24.0 Å². The van der Waals surface area contributed by atoms with E-state index in [1.54, 1.807) is 12.1 Å². The third-order valence-corrected chi connectivity index (χ3v) is 5.55. The van der Waals surface area contributed by atoms with E-state index in [-0.39, 0.29) is 5.56 Å². The maximum absolute atomic E-state index is 11.3. The topological polar surface area (TPSA) is 58.6 Å². The molecule has 2 aromatic carbocycles. The number of hydrogen-bond acceptors (Lipinski definition) is 3. The predicted molar refractivity (Wildman–Crippen MR) is 95.1 cm³/mol. The molecule has 2 saturated heterocycles. The van der Waals surface area contributed by atoms with Crippen LogP contribution < -0.4 is 10.1 Å². The minimum absolute atomic E-state index is 0.257. The van der Waals surface area contributed by atoms with E-state index < -0.39 is 5.97 Å². The van der Waals surface area contributed by atoms with Crippen molar-refractivity contribution in [3.63, 3.8) is 0 Å². The Balaban J connectivity index is 1.72. The summed E-state index contributed by atoms with van der Waals surface area (Å²) in [5, 5.41) is 13.0. The summed E-state index contributed by atoms with van der Waals surface area (Å²) in [6.07, 6.45) is 4.59. The number of carbonyl (C=O) groups is 1. The van der Waals surface area contributed by atoms with Gasteiger partial charge in [0.15, 0.2) is 0 Å². The highest BCUT2D eigenvalue weighted by Gasteiger charge is 2.34. The maximum Gasteiger partial charge on any atom is 0.335 e. The largest absolute Gasteiger partial charge is 0.478 e. The number of carboxylic acids is 1. The molecule has 4 nitrogen and oxygen atoms in total. The average molecular weight is 333 g/mol. The van der Waals surface area contributed by atoms with Gasteiger partial charge in [0.1, 0.15) is 11.5 Å². The van der Waals surface area contributed by atoms with Gasteiger partial charge in [-0.15, -0.1) is 0 Å². The van der Waals surface area contributed by atoms with Gasteiger partial charge in [-0.3, -0.25) is 0 Å². The van der Waals surface area contributed by atoms with Gasteiger partial charge >= 0.3 is 5.97 Å². The summed E-state index contributed by atoms with van der Waals surface area (Å²) in [7, 11) is 0. The molecule has 126 valence electrons. The van der Waals surface area contributed by atoms with Crippen molar-refractivity contribution in [2.24, 2.45) is 0 Å². The van der Waals surface area contributed by atoms with Crippen LogP contribution in [0.15, 0.2) is 48.0 Å². The lowest BCUT2D eigenvalue weighted by Crippen LogP contribution is -2.35. The zero-order valence-electron chi connectivity index (χ0n) is 13.8. The fraction of sp³-hybridized carbons (Fsp3) is 0.286. The van der Waals surface area contributed by atoms with Gasteiger partial charge < -0.3 is 15.2 Å². The molecular formula is C21H19NO3. The molecule has 4 heteroatoms. The van der Waals surface area contributed by atoms with Gasteiger partial charge in [0, 0.05) is 23.2 Å². The predicted octanol–water partition coefficient (Wildman–Crippen LogP) is 4.21. The molecule has 2 atom stereocenters. The third kappa shape index (κ3) is 2.36. The SMILES string of the molecule is O=C(O)c1ccc2c(c1)Oc1ccccc1C2=C1CC2CCC(C1)N2. The summed E-state index contributed by atoms with van der Waals surface area (Å²) in [5.41, 5.74) is 5.10. The van der Waals surface area contributed by atoms with Crippen molar-refractivity contribution in [1.82, 2.24) is 5.32 Å². The first kappa shape index (κ1) is 14.7. The standard InChI is InChI=1S/C21H19NO3/c23-21(24)12-5-8-17-19(11-12)25-18-4-2-1-3-16(18)20(17)13-9-14-6-7-15(10-13)22-14/h1-5,8,11,14-15,22H,6-7,9-10H2,(H,23,24). The Kier molecular flexibility index (Phi) is 3.22. The highest BCUT2D eigenvalue weighted by Crippen LogP contribution is 2.48. The number of carboxylic acid groups (broad SMARTS) is 1. The molecule has 2 N–H and O–H groups in total. The number of ether oxygens (including phenoxy) is 1. The molecule has 25 heavy (non-hydrogen) atoms. The lowest BCUT2D eigenvalue weighted by molar-refractivity contribution is 0.0696. The number of piperidine rings is 1. The molecule has 0 amide bonds. The fourth-order valence-corrected chi connectivity index (χ4v) is 4.46. The molecule has 2 fully saturated rings. The number of para-hydroxylation sites is 1. The zero-order chi connectivity index (χ0) is 17.0. The summed E-state index contributed by atoms with van der Waals surface area (Å²) in [4.78, 5) is 11.3. The lowest BCUT2D eigenvalue weighted by Gasteiger charge is -2.30. The second-order valence-electron chi connectivity index (χ2n) is 7.14. The molecule has 0 radical (unpaired) electrons. The third-order valence-electron chi connectivity index (χ3n) is 5.55. The molecule has 3 aliphatic heterocycles. The van der Waals surface area contributed by atoms with E-state index in [4.69, 9.17) is 4.74 Å². The molecule has 0 aliphatic carbocycles. The van der Waals surface area contributed by atoms with Crippen LogP contribution in [-0.2, 0) is 0 Å². The van der Waals surface area contributed by atoms with Crippen LogP contribution in [0.1, 0.15) is 47.2 Å². The van der Waals surface area contributed by atoms with E-state index in [0.717, 1.165) is 29.7 Å². The van der Waals surface area contributed by atoms with Crippen molar-refractivity contribution in [1.29, 1.82) is 0 Å². The van der Waals surface area contributed by atoms with Gasteiger partial charge in [-0.1, -0.05) is 23.8 Å². The molecule has 2 aromatic rings. The molecule has 0 spiro atoms. The fourth-order valence-electron chi connectivity index (χ4n) is 4.46. The summed E-state index contributed by atoms with van der Waals surface area (Å²) >= 11 is 0. The Labute approximate surface area is 146 Å². The van der Waals surface area contributed by atoms with Crippen LogP contribution in [0.3, 0.4) is 0 Å². The number of rotatable bonds is 1. The van der Waals surface area contributed by atoms with Gasteiger partial charge in [-0.25, -0.2) is 4.79 Å². The average Bonchev–Trinajstić information content (AvgIpc) is 2.97. The number of hydrogen-bond donors (Lipinski definition) is 2. The molecule has 3 aliphatic rings. The Morgan fingerprint density at radius 3 is 2.48 bits per heavy atom. The van der Waals surface area contributed by atoms with Crippen molar-refractivity contribution >= 4 is 11.5 Å². The monoisotopic (exact) mass is 333 g/mol. The summed E-state index contributed by atoms with van der Waals surface area (Å²) < 4.78 is 6.05. The van der Waals surface area contributed by atoms with Gasteiger partial charge in [0.2, 0.25) is 0 Å². The van der Waals surface area contributed by atoms with Crippen LogP contribution in [0.4, 0.5) is 0 Å². The number of aromatic carboxylic acids is 1. The lowest BCUT2D eigenvalue weighted by atomic mass is 9.84. The molecule has 0 aromatic heterocycles. The first-order valence-electron chi connectivity index (χ1n) is 8.82. The molecule has 2 unspecified atom stereocenters. The Bertz CT molecular complexity index is 901. The van der Waals surface area contributed by atoms with Crippen molar-refractivity contribution in [3.05, 3.63) is 64.7 Å². The van der Waals surface area contributed by atoms with Gasteiger partial charge in [0.25, 0.3) is 0 Å². The van der Waals surface area contributed by atoms with Crippen LogP contribution in [0.2, 0.25) is 0 Å². The quantitative estimate of drug-likeness (QED) is 0.700. The van der Waals surface area contributed by atoms with Gasteiger partial charge in [0.05, 0.1) is 5.56 Å². The minimum atomic E-state index is -0.931. The van der Waals surface area contributed by atoms with Gasteiger partial charge in [-0.05, 0) is 55.5 Å². The molecule has 3 heterocycles. The van der Waals surface area contributed by atoms with Crippen molar-refractivity contribution in [2.75, 3.05) is 0 Å². The van der Waals surface area contributed by atoms with Crippen LogP contribution >= 0.6 is 0 Å². The van der Waals surface area contributed by atoms with Gasteiger partial charge in [-0.2, -0.15) is 0 Å². The van der Waals surface area contributed by atoms with Crippen LogP contribution in [0.25, 0.3) is 5.57 Å². The Hall–Kier alpha value is -2.59. The Morgan fingerprint density at radius 2 is 1.72 bits per heavy atom. The van der Waals surface area contributed by atoms with Crippen LogP contribution in [-0.4, -0.2) is 23.2 Å². The Morgan fingerprint density at radius 1 is 1.00 bits per heavy atom. The maximum atomic E-state index is 11.3. The molecule has 2 bridgehead atoms. The van der Waals surface area contributed by atoms with Crippen LogP contribution in [0.5, 0.6) is 11.5 Å². The van der Waals surface area contributed by atoms with Crippen molar-refractivity contribution < 1.29 is 14.6 Å². The van der Waals surface area contributed by atoms with E-state index in [1.807, 2.05) is 24.3 Å². The van der Waals surface area contributed by atoms with Crippen LogP contribution in [0, 0.1) is 0 Å². The van der Waals surface area contributed by atoms with Crippen molar-refractivity contribution in [2.45, 2.75) is 37.8 Å². The molecule has 0 saturated carbocycles. The molecule has 5 rings (SSSR count). The second kappa shape index (κ2) is 5.46. The highest BCUT2D eigenvalue weighted by atomic mass is 16.5.